The number of halogens is 1. The number of carbonyl (C=O) groups is 1. The van der Waals surface area contributed by atoms with Gasteiger partial charge in [0, 0.05) is 44.3 Å². The third kappa shape index (κ3) is 5.73. The van der Waals surface area contributed by atoms with E-state index in [0.29, 0.717) is 48.8 Å². The molecule has 0 unspecified atom stereocenters. The topological polar surface area (TPSA) is 97.0 Å². The van der Waals surface area contributed by atoms with E-state index in [1.807, 2.05) is 30.1 Å². The molecule has 1 aliphatic rings. The van der Waals surface area contributed by atoms with Crippen LogP contribution in [0.1, 0.15) is 50.6 Å². The molecule has 0 saturated carbocycles. The molecule has 0 atom stereocenters. The molecule has 39 heavy (non-hydrogen) atoms. The second kappa shape index (κ2) is 10.3. The molecule has 1 aliphatic heterocycles. The molecule has 0 bridgehead atoms. The van der Waals surface area contributed by atoms with E-state index in [4.69, 9.17) is 4.98 Å². The van der Waals surface area contributed by atoms with Gasteiger partial charge in [0.05, 0.1) is 29.7 Å². The maximum absolute atomic E-state index is 13.2. The molecule has 202 valence electrons. The van der Waals surface area contributed by atoms with Crippen molar-refractivity contribution < 1.29 is 14.3 Å². The summed E-state index contributed by atoms with van der Waals surface area (Å²) in [6.45, 7) is 7.28. The largest absolute Gasteiger partial charge is 0.383 e. The Morgan fingerprint density at radius 3 is 2.26 bits per heavy atom. The van der Waals surface area contributed by atoms with Crippen molar-refractivity contribution in [2.75, 3.05) is 13.1 Å². The van der Waals surface area contributed by atoms with E-state index >= 15 is 0 Å². The Bertz CT molecular complexity index is 1450. The molecule has 1 fully saturated rings. The summed E-state index contributed by atoms with van der Waals surface area (Å²) in [5, 5.41) is 11.4. The third-order valence-electron chi connectivity index (χ3n) is 7.33. The number of hydrogen-bond donors (Lipinski definition) is 1. The summed E-state index contributed by atoms with van der Waals surface area (Å²) < 4.78 is 15.1. The van der Waals surface area contributed by atoms with E-state index in [9.17, 15) is 14.3 Å². The Balaban J connectivity index is 1.21. The minimum atomic E-state index is -1.12. The smallest absolute Gasteiger partial charge is 0.228 e. The normalized spacial score (nSPS) is 15.4. The lowest BCUT2D eigenvalue weighted by molar-refractivity contribution is -0.135. The van der Waals surface area contributed by atoms with Crippen LogP contribution in [-0.4, -0.2) is 53.5 Å². The highest BCUT2D eigenvalue weighted by molar-refractivity contribution is 5.78. The molecule has 4 heterocycles. The quantitative estimate of drug-likeness (QED) is 0.412. The van der Waals surface area contributed by atoms with Gasteiger partial charge in [0.25, 0.3) is 0 Å². The number of aryl methyl sites for hydroxylation is 1. The number of rotatable bonds is 5. The average molecular weight is 529 g/mol. The van der Waals surface area contributed by atoms with Gasteiger partial charge < -0.3 is 14.6 Å². The second-order valence-corrected chi connectivity index (χ2v) is 11.2. The van der Waals surface area contributed by atoms with E-state index < -0.39 is 5.60 Å². The summed E-state index contributed by atoms with van der Waals surface area (Å²) in [7, 11) is 1.90. The van der Waals surface area contributed by atoms with Gasteiger partial charge in [0.1, 0.15) is 17.1 Å². The number of amides is 1. The molecule has 0 aliphatic carbocycles. The zero-order chi connectivity index (χ0) is 27.8. The van der Waals surface area contributed by atoms with Gasteiger partial charge in [0.15, 0.2) is 5.82 Å². The third-order valence-corrected chi connectivity index (χ3v) is 7.33. The predicted octanol–water partition coefficient (Wildman–Crippen LogP) is 4.43. The first kappa shape index (κ1) is 26.6. The number of aliphatic hydroxyl groups is 1. The fourth-order valence-electron chi connectivity index (χ4n) is 4.76. The molecule has 1 amide bonds. The molecular weight excluding hydrogens is 495 g/mol. The van der Waals surface area contributed by atoms with Crippen LogP contribution in [0, 0.1) is 5.82 Å². The first-order valence-electron chi connectivity index (χ1n) is 13.1. The van der Waals surface area contributed by atoms with Crippen LogP contribution in [0.5, 0.6) is 0 Å². The van der Waals surface area contributed by atoms with Gasteiger partial charge in [-0.2, -0.15) is 0 Å². The van der Waals surface area contributed by atoms with Gasteiger partial charge in [-0.05, 0) is 54.2 Å². The van der Waals surface area contributed by atoms with Crippen LogP contribution in [0.2, 0.25) is 0 Å². The summed E-state index contributed by atoms with van der Waals surface area (Å²) in [6, 6.07) is 10.1. The molecule has 4 aromatic rings. The van der Waals surface area contributed by atoms with Crippen molar-refractivity contribution >= 4 is 5.91 Å². The van der Waals surface area contributed by atoms with E-state index in [1.54, 1.807) is 29.4 Å². The van der Waals surface area contributed by atoms with Gasteiger partial charge in [-0.15, -0.1) is 0 Å². The highest BCUT2D eigenvalue weighted by atomic mass is 19.1. The maximum atomic E-state index is 13.2. The first-order chi connectivity index (χ1) is 18.5. The van der Waals surface area contributed by atoms with Crippen LogP contribution >= 0.6 is 0 Å². The number of carbonyl (C=O) groups excluding carboxylic acids is 1. The van der Waals surface area contributed by atoms with Crippen LogP contribution in [0.15, 0.2) is 61.2 Å². The summed E-state index contributed by atoms with van der Waals surface area (Å²) in [5.41, 5.74) is 3.32. The minimum absolute atomic E-state index is 0.0128. The van der Waals surface area contributed by atoms with Crippen molar-refractivity contribution in [1.82, 2.24) is 29.4 Å². The fourth-order valence-corrected chi connectivity index (χ4v) is 4.76. The van der Waals surface area contributed by atoms with Gasteiger partial charge >= 0.3 is 0 Å². The molecule has 0 radical (unpaired) electrons. The summed E-state index contributed by atoms with van der Waals surface area (Å²) in [5.74, 6) is 0.319. The standard InChI is InChI=1S/C30H33FN6O2/c1-29(2,3)21-7-10-24(33-16-21)28-35-26(19-36(28)4)30(39)11-13-37(14-12-30)27(38)15-23-17-34-25(18-32-23)20-5-8-22(31)9-6-20/h5-10,16-19,39H,11-15H2,1-4H3. The highest BCUT2D eigenvalue weighted by Crippen LogP contribution is 2.34. The monoisotopic (exact) mass is 528 g/mol. The first-order valence-corrected chi connectivity index (χ1v) is 13.1. The van der Waals surface area contributed by atoms with Crippen LogP contribution in [0.3, 0.4) is 0 Å². The average Bonchev–Trinajstić information content (AvgIpc) is 3.32. The van der Waals surface area contributed by atoms with Crippen LogP contribution < -0.4 is 0 Å². The van der Waals surface area contributed by atoms with E-state index in [1.165, 1.54) is 12.1 Å². The second-order valence-electron chi connectivity index (χ2n) is 11.2. The lowest BCUT2D eigenvalue weighted by Gasteiger charge is -2.37. The number of pyridine rings is 1. The summed E-state index contributed by atoms with van der Waals surface area (Å²) in [6.07, 6.45) is 7.80. The lowest BCUT2D eigenvalue weighted by atomic mass is 9.88. The molecule has 3 aromatic heterocycles. The van der Waals surface area contributed by atoms with E-state index in [-0.39, 0.29) is 23.6 Å². The number of aromatic nitrogens is 5. The number of nitrogens with zero attached hydrogens (tertiary/aromatic N) is 6. The molecule has 5 rings (SSSR count). The van der Waals surface area contributed by atoms with Gasteiger partial charge in [0.2, 0.25) is 5.91 Å². The predicted molar refractivity (Wildman–Crippen MR) is 146 cm³/mol. The van der Waals surface area contributed by atoms with Crippen molar-refractivity contribution in [1.29, 1.82) is 0 Å². The molecular formula is C30H33FN6O2. The maximum Gasteiger partial charge on any atom is 0.228 e. The van der Waals surface area contributed by atoms with Crippen LogP contribution in [0.4, 0.5) is 4.39 Å². The van der Waals surface area contributed by atoms with Crippen molar-refractivity contribution in [3.05, 3.63) is 84.0 Å². The fraction of sp³-hybridized carbons (Fsp3) is 0.367. The Morgan fingerprint density at radius 2 is 1.67 bits per heavy atom. The number of hydrogen-bond acceptors (Lipinski definition) is 6. The van der Waals surface area contributed by atoms with Crippen molar-refractivity contribution in [3.8, 4) is 22.8 Å². The Hall–Kier alpha value is -3.98. The Morgan fingerprint density at radius 1 is 0.974 bits per heavy atom. The molecule has 1 aromatic carbocycles. The molecule has 0 spiro atoms. The number of likely N-dealkylation sites (tertiary alicyclic amines) is 1. The molecule has 8 nitrogen and oxygen atoms in total. The molecule has 1 saturated heterocycles. The van der Waals surface area contributed by atoms with Crippen LogP contribution in [-0.2, 0) is 29.3 Å². The van der Waals surface area contributed by atoms with Crippen molar-refractivity contribution in [3.63, 3.8) is 0 Å². The van der Waals surface area contributed by atoms with Crippen molar-refractivity contribution in [2.24, 2.45) is 7.05 Å². The van der Waals surface area contributed by atoms with Gasteiger partial charge in [-0.3, -0.25) is 19.7 Å². The van der Waals surface area contributed by atoms with Gasteiger partial charge in [-0.1, -0.05) is 26.8 Å². The van der Waals surface area contributed by atoms with E-state index in [2.05, 4.69) is 41.8 Å². The summed E-state index contributed by atoms with van der Waals surface area (Å²) >= 11 is 0. The number of piperidine rings is 1. The summed E-state index contributed by atoms with van der Waals surface area (Å²) in [4.78, 5) is 32.8. The lowest BCUT2D eigenvalue weighted by Crippen LogP contribution is -2.45. The Kier molecular flexibility index (Phi) is 7.03. The van der Waals surface area contributed by atoms with E-state index in [0.717, 1.165) is 16.8 Å². The SMILES string of the molecule is Cn1cc(C2(O)CCN(C(=O)Cc3cnc(-c4ccc(F)cc4)cn3)CC2)nc1-c1ccc(C(C)(C)C)cn1. The number of imidazole rings is 1. The molecule has 9 heteroatoms. The van der Waals surface area contributed by atoms with Crippen molar-refractivity contribution in [2.45, 2.75) is 51.0 Å². The van der Waals surface area contributed by atoms with Gasteiger partial charge in [-0.25, -0.2) is 9.37 Å². The minimum Gasteiger partial charge on any atom is -0.383 e. The zero-order valence-corrected chi connectivity index (χ0v) is 22.7. The highest BCUT2D eigenvalue weighted by Gasteiger charge is 2.38. The zero-order valence-electron chi connectivity index (χ0n) is 22.7. The number of benzene rings is 1. The molecule has 1 N–H and O–H groups in total. The Labute approximate surface area is 227 Å². The van der Waals surface area contributed by atoms with Crippen LogP contribution in [0.25, 0.3) is 22.8 Å².